The van der Waals surface area contributed by atoms with Gasteiger partial charge >= 0.3 is 12.0 Å². The van der Waals surface area contributed by atoms with E-state index in [9.17, 15) is 9.59 Å². The van der Waals surface area contributed by atoms with Crippen LogP contribution in [-0.4, -0.2) is 51.3 Å². The Balaban J connectivity index is 2.74. The molecule has 0 saturated heterocycles. The molecule has 0 saturated carbocycles. The van der Waals surface area contributed by atoms with E-state index in [-0.39, 0.29) is 19.5 Å². The normalized spacial score (nSPS) is 11.2. The predicted molar refractivity (Wildman–Crippen MR) is 71.9 cm³/mol. The highest BCUT2D eigenvalue weighted by Crippen LogP contribution is 2.04. The highest BCUT2D eigenvalue weighted by atomic mass is 16.4. The number of carboxylic acids is 1. The molecule has 1 rings (SSSR count). The van der Waals surface area contributed by atoms with E-state index in [1.165, 1.54) is 4.90 Å². The molecule has 21 heavy (non-hydrogen) atoms. The number of aliphatic hydroxyl groups is 1. The largest absolute Gasteiger partial charge is 0.480 e. The van der Waals surface area contributed by atoms with Crippen molar-refractivity contribution in [2.45, 2.75) is 19.0 Å². The maximum absolute atomic E-state index is 12.0. The van der Waals surface area contributed by atoms with Crippen molar-refractivity contribution in [2.75, 3.05) is 13.2 Å². The summed E-state index contributed by atoms with van der Waals surface area (Å²) >= 11 is 0. The Morgan fingerprint density at radius 2 is 2.29 bits per heavy atom. The summed E-state index contributed by atoms with van der Waals surface area (Å²) in [5.41, 5.74) is 0.751. The van der Waals surface area contributed by atoms with Crippen LogP contribution in [0.1, 0.15) is 12.0 Å². The highest BCUT2D eigenvalue weighted by molar-refractivity contribution is 5.82. The Morgan fingerprint density at radius 1 is 1.52 bits per heavy atom. The van der Waals surface area contributed by atoms with Crippen molar-refractivity contribution in [1.29, 1.82) is 5.26 Å². The van der Waals surface area contributed by atoms with Crippen LogP contribution in [0.5, 0.6) is 0 Å². The van der Waals surface area contributed by atoms with Crippen LogP contribution < -0.4 is 5.32 Å². The van der Waals surface area contributed by atoms with E-state index in [0.717, 1.165) is 5.56 Å². The minimum Gasteiger partial charge on any atom is -0.480 e. The quantitative estimate of drug-likeness (QED) is 0.647. The summed E-state index contributed by atoms with van der Waals surface area (Å²) in [5.74, 6) is -1.33. The number of nitrogens with one attached hydrogen (secondary N) is 1. The van der Waals surface area contributed by atoms with E-state index < -0.39 is 24.6 Å². The van der Waals surface area contributed by atoms with E-state index >= 15 is 0 Å². The van der Waals surface area contributed by atoms with Crippen molar-refractivity contribution in [1.82, 2.24) is 15.2 Å². The number of rotatable bonds is 7. The minimum absolute atomic E-state index is 0.116. The molecule has 2 amide bonds. The second kappa shape index (κ2) is 8.50. The molecule has 0 spiro atoms. The zero-order chi connectivity index (χ0) is 15.7. The number of aromatic nitrogens is 1. The Kier molecular flexibility index (Phi) is 6.63. The lowest BCUT2D eigenvalue weighted by molar-refractivity contribution is -0.140. The topological polar surface area (TPSA) is 127 Å². The number of aliphatic hydroxyl groups excluding tert-OH is 1. The molecule has 0 aromatic carbocycles. The molecule has 0 aliphatic rings. The zero-order valence-electron chi connectivity index (χ0n) is 11.3. The van der Waals surface area contributed by atoms with Crippen molar-refractivity contribution >= 4 is 12.0 Å². The summed E-state index contributed by atoms with van der Waals surface area (Å²) < 4.78 is 0. The van der Waals surface area contributed by atoms with E-state index in [1.54, 1.807) is 24.5 Å². The van der Waals surface area contributed by atoms with Gasteiger partial charge in [0.2, 0.25) is 0 Å². The van der Waals surface area contributed by atoms with Gasteiger partial charge in [-0.2, -0.15) is 5.26 Å². The van der Waals surface area contributed by atoms with Crippen LogP contribution >= 0.6 is 0 Å². The fourth-order valence-corrected chi connectivity index (χ4v) is 1.58. The molecule has 0 aliphatic heterocycles. The molecule has 0 aliphatic carbocycles. The summed E-state index contributed by atoms with van der Waals surface area (Å²) in [6.45, 7) is -0.367. The van der Waals surface area contributed by atoms with Gasteiger partial charge in [-0.15, -0.1) is 0 Å². The first kappa shape index (κ1) is 16.4. The molecular weight excluding hydrogens is 276 g/mol. The smallest absolute Gasteiger partial charge is 0.328 e. The second-order valence-corrected chi connectivity index (χ2v) is 4.21. The van der Waals surface area contributed by atoms with Gasteiger partial charge in [-0.25, -0.2) is 9.59 Å². The molecule has 1 aromatic heterocycles. The Bertz CT molecular complexity index is 515. The highest BCUT2D eigenvalue weighted by Gasteiger charge is 2.22. The standard InChI is InChI=1S/C13H16N4O4/c14-4-2-6-17(8-10-3-1-5-15-7-10)13(21)16-11(9-18)12(19)20/h1,3,5,7,11,18H,2,6,8-9H2,(H,16,21)(H,19,20)/t11-/m0/s1. The number of carbonyl (C=O) groups excluding carboxylic acids is 1. The lowest BCUT2D eigenvalue weighted by Gasteiger charge is -2.23. The molecule has 8 heteroatoms. The van der Waals surface area contributed by atoms with Crippen molar-refractivity contribution in [3.8, 4) is 6.07 Å². The summed E-state index contributed by atoms with van der Waals surface area (Å²) in [7, 11) is 0. The molecule has 1 heterocycles. The summed E-state index contributed by atoms with van der Waals surface area (Å²) in [5, 5.41) is 28.6. The molecule has 1 atom stereocenters. The Labute approximate surface area is 121 Å². The molecule has 0 bridgehead atoms. The van der Waals surface area contributed by atoms with Crippen LogP contribution in [0, 0.1) is 11.3 Å². The molecule has 0 fully saturated rings. The number of nitrogens with zero attached hydrogens (tertiary/aromatic N) is 3. The first-order chi connectivity index (χ1) is 10.1. The van der Waals surface area contributed by atoms with Gasteiger partial charge in [0.25, 0.3) is 0 Å². The molecule has 3 N–H and O–H groups in total. The van der Waals surface area contributed by atoms with Crippen molar-refractivity contribution in [3.05, 3.63) is 30.1 Å². The van der Waals surface area contributed by atoms with Gasteiger partial charge in [-0.3, -0.25) is 4.98 Å². The number of hydrogen-bond acceptors (Lipinski definition) is 5. The molecular formula is C13H16N4O4. The lowest BCUT2D eigenvalue weighted by atomic mass is 10.2. The van der Waals surface area contributed by atoms with Crippen LogP contribution in [0.4, 0.5) is 4.79 Å². The third-order valence-corrected chi connectivity index (χ3v) is 2.66. The minimum atomic E-state index is -1.38. The van der Waals surface area contributed by atoms with Gasteiger partial charge in [0.05, 0.1) is 19.1 Å². The van der Waals surface area contributed by atoms with Crippen molar-refractivity contribution < 1.29 is 19.8 Å². The van der Waals surface area contributed by atoms with Crippen LogP contribution in [0.2, 0.25) is 0 Å². The van der Waals surface area contributed by atoms with Gasteiger partial charge in [0.15, 0.2) is 6.04 Å². The van der Waals surface area contributed by atoms with E-state index in [4.69, 9.17) is 15.5 Å². The number of hydrogen-bond donors (Lipinski definition) is 3. The maximum Gasteiger partial charge on any atom is 0.328 e. The predicted octanol–water partition coefficient (Wildman–Crippen LogP) is -0.0476. The fraction of sp³-hybridized carbons (Fsp3) is 0.385. The fourth-order valence-electron chi connectivity index (χ4n) is 1.58. The molecule has 0 radical (unpaired) electrons. The first-order valence-corrected chi connectivity index (χ1v) is 6.23. The van der Waals surface area contributed by atoms with Gasteiger partial charge in [0.1, 0.15) is 0 Å². The second-order valence-electron chi connectivity index (χ2n) is 4.21. The van der Waals surface area contributed by atoms with Crippen LogP contribution in [0.15, 0.2) is 24.5 Å². The number of urea groups is 1. The Hall–Kier alpha value is -2.66. The number of nitriles is 1. The number of carboxylic acid groups (broad SMARTS) is 1. The van der Waals surface area contributed by atoms with Gasteiger partial charge < -0.3 is 20.4 Å². The van der Waals surface area contributed by atoms with Crippen LogP contribution in [0.3, 0.4) is 0 Å². The number of carbonyl (C=O) groups is 2. The zero-order valence-corrected chi connectivity index (χ0v) is 11.3. The maximum atomic E-state index is 12.0. The van der Waals surface area contributed by atoms with E-state index in [1.807, 2.05) is 6.07 Å². The van der Waals surface area contributed by atoms with E-state index in [0.29, 0.717) is 0 Å². The van der Waals surface area contributed by atoms with Crippen molar-refractivity contribution in [2.24, 2.45) is 0 Å². The summed E-state index contributed by atoms with van der Waals surface area (Å²) in [4.78, 5) is 28.1. The molecule has 8 nitrogen and oxygen atoms in total. The van der Waals surface area contributed by atoms with Gasteiger partial charge in [-0.1, -0.05) is 6.07 Å². The summed E-state index contributed by atoms with van der Waals surface area (Å²) in [6, 6.07) is 3.37. The van der Waals surface area contributed by atoms with Gasteiger partial charge in [-0.05, 0) is 11.6 Å². The average Bonchev–Trinajstić information content (AvgIpc) is 2.49. The SMILES string of the molecule is N#CCCN(Cc1cccnc1)C(=O)N[C@@H](CO)C(=O)O. The third-order valence-electron chi connectivity index (χ3n) is 2.66. The number of aliphatic carboxylic acids is 1. The van der Waals surface area contributed by atoms with Crippen molar-refractivity contribution in [3.63, 3.8) is 0 Å². The molecule has 112 valence electrons. The summed E-state index contributed by atoms with van der Waals surface area (Å²) in [6.07, 6.45) is 3.29. The van der Waals surface area contributed by atoms with Crippen LogP contribution in [-0.2, 0) is 11.3 Å². The first-order valence-electron chi connectivity index (χ1n) is 6.23. The van der Waals surface area contributed by atoms with Crippen LogP contribution in [0.25, 0.3) is 0 Å². The number of pyridine rings is 1. The molecule has 0 unspecified atom stereocenters. The van der Waals surface area contributed by atoms with E-state index in [2.05, 4.69) is 10.3 Å². The monoisotopic (exact) mass is 292 g/mol. The van der Waals surface area contributed by atoms with Gasteiger partial charge in [0, 0.05) is 25.5 Å². The lowest BCUT2D eigenvalue weighted by Crippen LogP contribution is -2.49. The molecule has 1 aromatic rings. The Morgan fingerprint density at radius 3 is 2.81 bits per heavy atom. The average molecular weight is 292 g/mol. The number of amides is 2. The third kappa shape index (κ3) is 5.46.